The Bertz CT molecular complexity index is 4690. The molecule has 0 amide bonds. The van der Waals surface area contributed by atoms with Crippen LogP contribution in [0.1, 0.15) is 92.9 Å². The molecule has 0 saturated carbocycles. The molecule has 1 aliphatic carbocycles. The molecule has 3 aliphatic rings. The first-order valence-corrected chi connectivity index (χ1v) is 31.0. The highest BCUT2D eigenvalue weighted by atomic mass is 79.9. The van der Waals surface area contributed by atoms with Crippen LogP contribution in [0.3, 0.4) is 0 Å². The molecule has 7 nitrogen and oxygen atoms in total. The zero-order valence-electron chi connectivity index (χ0n) is 52.1. The van der Waals surface area contributed by atoms with Crippen LogP contribution < -0.4 is 10.9 Å². The van der Waals surface area contributed by atoms with E-state index in [1.165, 1.54) is 5.56 Å². The van der Waals surface area contributed by atoms with Crippen molar-refractivity contribution in [3.8, 4) is 146 Å². The third-order valence-electron chi connectivity index (χ3n) is 17.3. The monoisotopic (exact) mass is 1300 g/mol. The van der Waals surface area contributed by atoms with Gasteiger partial charge in [0.1, 0.15) is 5.41 Å². The molecule has 90 heavy (non-hydrogen) atoms. The van der Waals surface area contributed by atoms with Gasteiger partial charge in [0.15, 0.2) is 5.82 Å². The first-order valence-electron chi connectivity index (χ1n) is 29.4. The van der Waals surface area contributed by atoms with Gasteiger partial charge in [-0.1, -0.05) is 162 Å². The van der Waals surface area contributed by atoms with Crippen molar-refractivity contribution in [2.24, 2.45) is 0 Å². The summed E-state index contributed by atoms with van der Waals surface area (Å²) < 4.78 is 30.7. The smallest absolute Gasteiger partial charge is 0.399 e. The molecule has 0 atom stereocenters. The van der Waals surface area contributed by atoms with Crippen LogP contribution in [0, 0.1) is 95.7 Å². The zero-order chi connectivity index (χ0) is 63.8. The van der Waals surface area contributed by atoms with Gasteiger partial charge in [0.2, 0.25) is 0 Å². The Hall–Kier alpha value is -9.17. The van der Waals surface area contributed by atoms with Crippen molar-refractivity contribution in [2.45, 2.75) is 109 Å². The molecule has 2 saturated heterocycles. The lowest BCUT2D eigenvalue weighted by atomic mass is 9.73. The van der Waals surface area contributed by atoms with Crippen molar-refractivity contribution in [3.05, 3.63) is 183 Å². The molecule has 0 bridgehead atoms. The topological polar surface area (TPSA) is 67.6 Å². The Morgan fingerprint density at radius 3 is 1.40 bits per heavy atom. The summed E-state index contributed by atoms with van der Waals surface area (Å²) in [5, 5.41) is 2.09. The molecule has 9 aromatic rings. The van der Waals surface area contributed by atoms with Gasteiger partial charge in [-0.05, 0) is 231 Å². The lowest BCUT2D eigenvalue weighted by molar-refractivity contribution is 0.00578. The second kappa shape index (κ2) is 24.7. The average Bonchev–Trinajstić information content (AvgIpc) is 1.54. The lowest BCUT2D eigenvalue weighted by Crippen LogP contribution is -2.41. The minimum atomic E-state index is -1.23. The number of terminal acetylenes is 2. The fourth-order valence-corrected chi connectivity index (χ4v) is 11.5. The number of nitrogens with zero attached hydrogens (tertiary/aromatic N) is 3. The van der Waals surface area contributed by atoms with E-state index in [4.69, 9.17) is 41.4 Å². The van der Waals surface area contributed by atoms with E-state index >= 15 is 0 Å². The van der Waals surface area contributed by atoms with Gasteiger partial charge < -0.3 is 23.2 Å². The third kappa shape index (κ3) is 12.3. The summed E-state index contributed by atoms with van der Waals surface area (Å²) in [6.07, 6.45) is 10.7. The van der Waals surface area contributed by atoms with Gasteiger partial charge in [0.05, 0.1) is 44.8 Å². The van der Waals surface area contributed by atoms with Gasteiger partial charge in [-0.15, -0.1) is 12.8 Å². The summed E-state index contributed by atoms with van der Waals surface area (Å²) in [4.78, 5) is 9.62. The average molecular weight is 1300 g/mol. The number of hydrogen-bond acceptors (Lipinski definition) is 6. The Balaban J connectivity index is 0.000000265. The van der Waals surface area contributed by atoms with Gasteiger partial charge in [-0.3, -0.25) is 0 Å². The highest BCUT2D eigenvalue weighted by molar-refractivity contribution is 9.10. The van der Waals surface area contributed by atoms with Crippen LogP contribution in [-0.2, 0) is 29.4 Å². The van der Waals surface area contributed by atoms with E-state index in [1.54, 1.807) is 0 Å². The fraction of sp³-hybridized carbons (Fsp3) is 0.215. The van der Waals surface area contributed by atoms with Crippen LogP contribution in [0.2, 0.25) is 0 Å². The maximum atomic E-state index is 6.57. The summed E-state index contributed by atoms with van der Waals surface area (Å²) >= 11 is 6.98. The second-order valence-electron chi connectivity index (χ2n) is 25.2. The molecule has 2 aromatic heterocycles. The van der Waals surface area contributed by atoms with Gasteiger partial charge in [0, 0.05) is 42.1 Å². The highest BCUT2D eigenvalue weighted by Crippen LogP contribution is 2.52. The molecule has 11 heteroatoms. The van der Waals surface area contributed by atoms with E-state index < -0.39 is 42.1 Å². The van der Waals surface area contributed by atoms with Crippen LogP contribution in [0.15, 0.2) is 167 Å². The standard InChI is InChI=1S/C57H47B2NO4.C22H14Br2N2/c1-14-16-18-20-22-24-34-57(35-25-23-21-19-17-15-2)48-37-42(59-63-55(10,11)56(12,13)64-59)28-32-44(48)45-38-47-46-36-41(58-61-53(6,7)54(8,9)62-58)29-33-50(46)60(51(47)39-49(45)57)43-30-26-40(27-31-43)52(3,4)5;23-18-10-6-15(7-11-18)20-14-21(16-8-12-19(24)13-9-16)26-22(25-20)17-4-2-1-3-5-17/h1-2,26-33,36-39H,3-13H3;1-14H. The molecule has 436 valence electrons. The molecule has 2 aliphatic heterocycles. The second-order valence-corrected chi connectivity index (χ2v) is 27.0. The van der Waals surface area contributed by atoms with Crippen LogP contribution in [0.5, 0.6) is 0 Å². The fourth-order valence-electron chi connectivity index (χ4n) is 11.0. The van der Waals surface area contributed by atoms with Crippen molar-refractivity contribution >= 4 is 78.8 Å². The number of halogens is 2. The van der Waals surface area contributed by atoms with Gasteiger partial charge in [-0.2, -0.15) is 0 Å². The van der Waals surface area contributed by atoms with Crippen LogP contribution in [0.25, 0.3) is 72.5 Å². The van der Waals surface area contributed by atoms with E-state index in [9.17, 15) is 0 Å². The molecular formula is C79H61B2Br2N3O4. The summed E-state index contributed by atoms with van der Waals surface area (Å²) in [6.45, 7) is 23.1. The molecule has 4 heterocycles. The maximum Gasteiger partial charge on any atom is 0.494 e. The number of aromatic nitrogens is 3. The van der Waals surface area contributed by atoms with Gasteiger partial charge >= 0.3 is 14.2 Å². The third-order valence-corrected chi connectivity index (χ3v) is 18.4. The zero-order valence-corrected chi connectivity index (χ0v) is 55.2. The largest absolute Gasteiger partial charge is 0.494 e. The lowest BCUT2D eigenvalue weighted by Gasteiger charge is -2.32. The number of benzene rings is 7. The predicted octanol–water partition coefficient (Wildman–Crippen LogP) is 15.2. The molecule has 0 unspecified atom stereocenters. The number of rotatable bonds is 6. The summed E-state index contributed by atoms with van der Waals surface area (Å²) in [5.74, 6) is 40.2. The molecule has 0 N–H and O–H groups in total. The first kappa shape index (κ1) is 62.4. The maximum absolute atomic E-state index is 6.57. The predicted molar refractivity (Wildman–Crippen MR) is 375 cm³/mol. The van der Waals surface area contributed by atoms with Gasteiger partial charge in [0.25, 0.3) is 0 Å². The van der Waals surface area contributed by atoms with E-state index in [-0.39, 0.29) is 5.41 Å². The van der Waals surface area contributed by atoms with Gasteiger partial charge in [-0.25, -0.2) is 9.97 Å². The summed E-state index contributed by atoms with van der Waals surface area (Å²) in [5.41, 5.74) is 11.2. The molecule has 0 spiro atoms. The Kier molecular flexibility index (Phi) is 17.1. The summed E-state index contributed by atoms with van der Waals surface area (Å²) in [6, 6.07) is 54.5. The van der Waals surface area contributed by atoms with Crippen molar-refractivity contribution in [3.63, 3.8) is 0 Å². The van der Waals surface area contributed by atoms with Crippen LogP contribution in [0.4, 0.5) is 0 Å². The van der Waals surface area contributed by atoms with E-state index in [0.717, 1.165) is 104 Å². The summed E-state index contributed by atoms with van der Waals surface area (Å²) in [7, 11) is -1.18. The van der Waals surface area contributed by atoms with Crippen molar-refractivity contribution in [1.29, 1.82) is 0 Å². The SMILES string of the molecule is Brc1ccc(-c2cc(-c3ccc(Br)cc3)nc(-c3ccccc3)n2)cc1.C#CC#CC#CC#CC1(C#CC#CC#CC#C)c2cc(B3OC(C)(C)C(C)(C)O3)ccc2-c2cc3c4cc(B5OC(C)(C)C(C)(C)O5)ccc4n(-c4ccc(C(C)(C)C)cc4)c3cc21. The molecule has 2 fully saturated rings. The van der Waals surface area contributed by atoms with Crippen molar-refractivity contribution in [1.82, 2.24) is 14.5 Å². The Morgan fingerprint density at radius 1 is 0.444 bits per heavy atom. The Morgan fingerprint density at radius 2 is 0.900 bits per heavy atom. The minimum absolute atomic E-state index is 0.0236. The molecule has 12 rings (SSSR count). The van der Waals surface area contributed by atoms with E-state index in [1.807, 2.05) is 88.4 Å². The van der Waals surface area contributed by atoms with E-state index in [2.05, 4.69) is 265 Å². The highest BCUT2D eigenvalue weighted by Gasteiger charge is 2.54. The van der Waals surface area contributed by atoms with Crippen molar-refractivity contribution < 1.29 is 18.6 Å². The molecule has 0 radical (unpaired) electrons. The van der Waals surface area contributed by atoms with Crippen LogP contribution >= 0.6 is 31.9 Å². The number of hydrogen-bond donors (Lipinski definition) is 0. The first-order chi connectivity index (χ1) is 42.9. The quantitative estimate of drug-likeness (QED) is 0.122. The molecule has 7 aromatic carbocycles. The van der Waals surface area contributed by atoms with Crippen molar-refractivity contribution in [2.75, 3.05) is 0 Å². The van der Waals surface area contributed by atoms with Crippen LogP contribution in [-0.4, -0.2) is 51.2 Å². The minimum Gasteiger partial charge on any atom is -0.399 e. The van der Waals surface area contributed by atoms with E-state index in [0.29, 0.717) is 0 Å². The Labute approximate surface area is 547 Å². The number of fused-ring (bicyclic) bond motifs is 6. The normalized spacial score (nSPS) is 15.5. The molecular weight excluding hydrogens is 1240 g/mol.